The van der Waals surface area contributed by atoms with Crippen molar-refractivity contribution in [3.05, 3.63) is 40.2 Å². The van der Waals surface area contributed by atoms with E-state index in [1.54, 1.807) is 12.1 Å². The van der Waals surface area contributed by atoms with Crippen molar-refractivity contribution in [2.24, 2.45) is 0 Å². The summed E-state index contributed by atoms with van der Waals surface area (Å²) in [7, 11) is 1.19. The van der Waals surface area contributed by atoms with E-state index in [1.165, 1.54) is 24.7 Å². The molecule has 3 amide bonds. The predicted molar refractivity (Wildman–Crippen MR) is 92.1 cm³/mol. The molecule has 0 radical (unpaired) electrons. The summed E-state index contributed by atoms with van der Waals surface area (Å²) < 4.78 is 9.59. The van der Waals surface area contributed by atoms with E-state index in [-0.39, 0.29) is 5.76 Å². The van der Waals surface area contributed by atoms with Crippen LogP contribution in [0.3, 0.4) is 0 Å². The van der Waals surface area contributed by atoms with Crippen molar-refractivity contribution < 1.29 is 23.5 Å². The standard InChI is InChI=1S/C17H18N2O5S/c1-23-17(22)19-15(21)13-10-6-3-2-4-8-12(10)25-16(13)18-14(20)11-7-5-9-24-11/h5,7,9H,2-4,6,8H2,1H3,(H,18,20)(H,19,21,22). The van der Waals surface area contributed by atoms with Crippen LogP contribution in [0.15, 0.2) is 22.8 Å². The maximum absolute atomic E-state index is 12.6. The highest BCUT2D eigenvalue weighted by Crippen LogP contribution is 2.37. The van der Waals surface area contributed by atoms with Gasteiger partial charge in [0.2, 0.25) is 0 Å². The third-order valence-electron chi connectivity index (χ3n) is 4.02. The Hall–Kier alpha value is -2.61. The normalized spacial score (nSPS) is 13.5. The summed E-state index contributed by atoms with van der Waals surface area (Å²) in [5, 5.41) is 5.34. The number of imide groups is 1. The van der Waals surface area contributed by atoms with Crippen LogP contribution in [-0.4, -0.2) is 25.0 Å². The molecule has 0 spiro atoms. The van der Waals surface area contributed by atoms with Gasteiger partial charge in [-0.2, -0.15) is 0 Å². The molecule has 25 heavy (non-hydrogen) atoms. The van der Waals surface area contributed by atoms with Crippen LogP contribution in [0.4, 0.5) is 9.80 Å². The zero-order chi connectivity index (χ0) is 17.8. The summed E-state index contributed by atoms with van der Waals surface area (Å²) in [5.41, 5.74) is 1.24. The number of nitrogens with one attached hydrogen (secondary N) is 2. The van der Waals surface area contributed by atoms with Gasteiger partial charge in [0, 0.05) is 4.88 Å². The maximum atomic E-state index is 12.6. The van der Waals surface area contributed by atoms with Crippen molar-refractivity contribution >= 4 is 34.2 Å². The highest BCUT2D eigenvalue weighted by Gasteiger charge is 2.27. The fourth-order valence-electron chi connectivity index (χ4n) is 2.85. The van der Waals surface area contributed by atoms with Gasteiger partial charge in [-0.15, -0.1) is 11.3 Å². The molecule has 2 heterocycles. The predicted octanol–water partition coefficient (Wildman–Crippen LogP) is 3.36. The molecule has 0 bridgehead atoms. The largest absolute Gasteiger partial charge is 0.459 e. The summed E-state index contributed by atoms with van der Waals surface area (Å²) in [6.45, 7) is 0. The van der Waals surface area contributed by atoms with Gasteiger partial charge >= 0.3 is 6.09 Å². The van der Waals surface area contributed by atoms with Crippen molar-refractivity contribution in [1.82, 2.24) is 5.32 Å². The zero-order valence-electron chi connectivity index (χ0n) is 13.7. The highest BCUT2D eigenvalue weighted by molar-refractivity contribution is 7.17. The molecule has 7 nitrogen and oxygen atoms in total. The Labute approximate surface area is 148 Å². The van der Waals surface area contributed by atoms with E-state index in [0.717, 1.165) is 42.5 Å². The molecule has 3 rings (SSSR count). The summed E-state index contributed by atoms with van der Waals surface area (Å²) in [5.74, 6) is -0.850. The number of furan rings is 1. The van der Waals surface area contributed by atoms with Crippen molar-refractivity contribution in [2.75, 3.05) is 12.4 Å². The second-order valence-corrected chi connectivity index (χ2v) is 6.75. The van der Waals surface area contributed by atoms with Crippen LogP contribution in [0.5, 0.6) is 0 Å². The number of fused-ring (bicyclic) bond motifs is 1. The van der Waals surface area contributed by atoms with Gasteiger partial charge in [-0.05, 0) is 43.4 Å². The summed E-state index contributed by atoms with van der Waals surface area (Å²) >= 11 is 1.38. The Bertz CT molecular complexity index is 794. The van der Waals surface area contributed by atoms with Gasteiger partial charge < -0.3 is 14.5 Å². The molecule has 0 saturated carbocycles. The van der Waals surface area contributed by atoms with E-state index in [9.17, 15) is 14.4 Å². The van der Waals surface area contributed by atoms with Crippen molar-refractivity contribution in [2.45, 2.75) is 32.1 Å². The first-order valence-corrected chi connectivity index (χ1v) is 8.80. The Balaban J connectivity index is 1.94. The van der Waals surface area contributed by atoms with Crippen LogP contribution in [0, 0.1) is 0 Å². The first-order valence-electron chi connectivity index (χ1n) is 7.99. The lowest BCUT2D eigenvalue weighted by atomic mass is 10.0. The summed E-state index contributed by atoms with van der Waals surface area (Å²) in [4.78, 5) is 37.3. The topological polar surface area (TPSA) is 97.6 Å². The van der Waals surface area contributed by atoms with E-state index in [0.29, 0.717) is 10.6 Å². The maximum Gasteiger partial charge on any atom is 0.413 e. The molecule has 0 saturated heterocycles. The van der Waals surface area contributed by atoms with E-state index in [2.05, 4.69) is 15.4 Å². The fraction of sp³-hybridized carbons (Fsp3) is 0.353. The lowest BCUT2D eigenvalue weighted by Gasteiger charge is -2.08. The molecule has 8 heteroatoms. The molecule has 0 aromatic carbocycles. The Morgan fingerprint density at radius 3 is 2.68 bits per heavy atom. The lowest BCUT2D eigenvalue weighted by Crippen LogP contribution is -2.31. The fourth-order valence-corrected chi connectivity index (χ4v) is 4.13. The lowest BCUT2D eigenvalue weighted by molar-refractivity contribution is 0.0937. The van der Waals surface area contributed by atoms with Crippen LogP contribution in [0.1, 0.15) is 50.6 Å². The Morgan fingerprint density at radius 2 is 1.96 bits per heavy atom. The molecule has 2 aromatic heterocycles. The van der Waals surface area contributed by atoms with Crippen LogP contribution in [0.2, 0.25) is 0 Å². The minimum absolute atomic E-state index is 0.155. The molecule has 2 N–H and O–H groups in total. The van der Waals surface area contributed by atoms with Crippen LogP contribution >= 0.6 is 11.3 Å². The Kier molecular flexibility index (Phi) is 5.18. The quantitative estimate of drug-likeness (QED) is 0.816. The first kappa shape index (κ1) is 17.2. The van der Waals surface area contributed by atoms with Crippen molar-refractivity contribution in [1.29, 1.82) is 0 Å². The van der Waals surface area contributed by atoms with Gasteiger partial charge in [-0.3, -0.25) is 14.9 Å². The number of hydrogen-bond donors (Lipinski definition) is 2. The average molecular weight is 362 g/mol. The number of aryl methyl sites for hydroxylation is 1. The van der Waals surface area contributed by atoms with Gasteiger partial charge in [-0.1, -0.05) is 6.42 Å². The number of hydrogen-bond acceptors (Lipinski definition) is 6. The number of ether oxygens (including phenoxy) is 1. The van der Waals surface area contributed by atoms with Gasteiger partial charge in [-0.25, -0.2) is 4.79 Å². The average Bonchev–Trinajstić information content (AvgIpc) is 3.18. The number of anilines is 1. The van der Waals surface area contributed by atoms with Crippen molar-refractivity contribution in [3.8, 4) is 0 Å². The molecular weight excluding hydrogens is 344 g/mol. The number of alkyl carbamates (subject to hydrolysis) is 1. The minimum atomic E-state index is -0.832. The van der Waals surface area contributed by atoms with E-state index in [1.807, 2.05) is 0 Å². The highest BCUT2D eigenvalue weighted by atomic mass is 32.1. The number of amides is 3. The number of methoxy groups -OCH3 is 1. The first-order chi connectivity index (χ1) is 12.1. The molecule has 2 aromatic rings. The number of rotatable bonds is 3. The molecule has 0 aliphatic heterocycles. The van der Waals surface area contributed by atoms with E-state index in [4.69, 9.17) is 4.42 Å². The van der Waals surface area contributed by atoms with Gasteiger partial charge in [0.1, 0.15) is 5.00 Å². The SMILES string of the molecule is COC(=O)NC(=O)c1c(NC(=O)c2ccco2)sc2c1CCCCC2. The van der Waals surface area contributed by atoms with Crippen LogP contribution < -0.4 is 10.6 Å². The van der Waals surface area contributed by atoms with E-state index >= 15 is 0 Å². The molecule has 1 aliphatic carbocycles. The van der Waals surface area contributed by atoms with Crippen LogP contribution in [0.25, 0.3) is 0 Å². The van der Waals surface area contributed by atoms with Gasteiger partial charge in [0.25, 0.3) is 11.8 Å². The third kappa shape index (κ3) is 3.74. The minimum Gasteiger partial charge on any atom is -0.459 e. The Morgan fingerprint density at radius 1 is 1.16 bits per heavy atom. The molecule has 1 aliphatic rings. The summed E-state index contributed by atoms with van der Waals surface area (Å²) in [6, 6.07) is 3.16. The van der Waals surface area contributed by atoms with E-state index < -0.39 is 17.9 Å². The number of thiophene rings is 1. The number of carbonyl (C=O) groups is 3. The summed E-state index contributed by atoms with van der Waals surface area (Å²) in [6.07, 6.45) is 5.27. The zero-order valence-corrected chi connectivity index (χ0v) is 14.5. The second kappa shape index (κ2) is 7.52. The van der Waals surface area contributed by atoms with Gasteiger partial charge in [0.05, 0.1) is 18.9 Å². The molecule has 0 atom stereocenters. The molecule has 132 valence electrons. The second-order valence-electron chi connectivity index (χ2n) is 5.65. The smallest absolute Gasteiger partial charge is 0.413 e. The van der Waals surface area contributed by atoms with Gasteiger partial charge in [0.15, 0.2) is 5.76 Å². The molecule has 0 unspecified atom stereocenters. The molecular formula is C17H18N2O5S. The van der Waals surface area contributed by atoms with Crippen molar-refractivity contribution in [3.63, 3.8) is 0 Å². The molecule has 0 fully saturated rings. The monoisotopic (exact) mass is 362 g/mol. The van der Waals surface area contributed by atoms with Crippen LogP contribution in [-0.2, 0) is 17.6 Å². The number of carbonyl (C=O) groups excluding carboxylic acids is 3. The third-order valence-corrected chi connectivity index (χ3v) is 5.23.